The lowest BCUT2D eigenvalue weighted by Crippen LogP contribution is -2.23. The summed E-state index contributed by atoms with van der Waals surface area (Å²) in [6.45, 7) is 10.2. The molecule has 0 heterocycles. The van der Waals surface area contributed by atoms with Crippen molar-refractivity contribution in [3.05, 3.63) is 42.0 Å². The number of hydrogen-bond acceptors (Lipinski definition) is 3. The molecule has 0 aromatic heterocycles. The zero-order valence-electron chi connectivity index (χ0n) is 11.5. The molecule has 0 amide bonds. The van der Waals surface area contributed by atoms with Crippen LogP contribution >= 0.6 is 11.8 Å². The van der Waals surface area contributed by atoms with Crippen LogP contribution < -0.4 is 5.32 Å². The predicted octanol–water partition coefficient (Wildman–Crippen LogP) is 3.65. The molecule has 0 saturated carbocycles. The fourth-order valence-electron chi connectivity index (χ4n) is 1.60. The van der Waals surface area contributed by atoms with E-state index < -0.39 is 0 Å². The molecule has 0 aliphatic rings. The predicted molar refractivity (Wildman–Crippen MR) is 80.3 cm³/mol. The molecule has 0 spiro atoms. The summed E-state index contributed by atoms with van der Waals surface area (Å²) in [4.78, 5) is 1.30. The lowest BCUT2D eigenvalue weighted by Gasteiger charge is -2.14. The fourth-order valence-corrected chi connectivity index (χ4v) is 2.01. The highest BCUT2D eigenvalue weighted by Crippen LogP contribution is 2.18. The van der Waals surface area contributed by atoms with Gasteiger partial charge in [0.1, 0.15) is 0 Å². The number of benzene rings is 1. The van der Waals surface area contributed by atoms with Gasteiger partial charge in [0.05, 0.1) is 13.2 Å². The monoisotopic (exact) mass is 265 g/mol. The maximum absolute atomic E-state index is 5.45. The molecule has 0 bridgehead atoms. The van der Waals surface area contributed by atoms with Crippen molar-refractivity contribution in [2.45, 2.75) is 24.8 Å². The van der Waals surface area contributed by atoms with Crippen LogP contribution in [0.25, 0.3) is 0 Å². The first-order valence-electron chi connectivity index (χ1n) is 6.23. The Morgan fingerprint density at radius 3 is 2.61 bits per heavy atom. The molecule has 0 radical (unpaired) electrons. The van der Waals surface area contributed by atoms with Crippen LogP contribution in [0, 0.1) is 0 Å². The second-order valence-electron chi connectivity index (χ2n) is 4.46. The summed E-state index contributed by atoms with van der Waals surface area (Å²) in [6.07, 6.45) is 2.09. The van der Waals surface area contributed by atoms with E-state index in [1.807, 2.05) is 6.92 Å². The Kier molecular flexibility index (Phi) is 7.09. The third-order valence-corrected chi connectivity index (χ3v) is 3.40. The van der Waals surface area contributed by atoms with E-state index in [0.717, 1.165) is 18.7 Å². The summed E-state index contributed by atoms with van der Waals surface area (Å²) in [5.41, 5.74) is 2.38. The van der Waals surface area contributed by atoms with E-state index in [2.05, 4.69) is 49.3 Å². The van der Waals surface area contributed by atoms with E-state index in [4.69, 9.17) is 4.74 Å². The van der Waals surface area contributed by atoms with Crippen molar-refractivity contribution in [3.8, 4) is 0 Å². The summed E-state index contributed by atoms with van der Waals surface area (Å²) < 4.78 is 5.45. The molecule has 3 heteroatoms. The third-order valence-electron chi connectivity index (χ3n) is 2.66. The van der Waals surface area contributed by atoms with Crippen LogP contribution in [0.4, 0.5) is 0 Å². The highest BCUT2D eigenvalue weighted by Gasteiger charge is 2.03. The van der Waals surface area contributed by atoms with Crippen LogP contribution in [0.2, 0.25) is 0 Å². The average molecular weight is 265 g/mol. The molecule has 1 rings (SSSR count). The smallest absolute Gasteiger partial charge is 0.0672 e. The van der Waals surface area contributed by atoms with E-state index in [-0.39, 0.29) is 0 Å². The molecule has 1 unspecified atom stereocenters. The minimum Gasteiger partial charge on any atom is -0.376 e. The first kappa shape index (κ1) is 15.3. The number of thioether (sulfide) groups is 1. The molecule has 1 atom stereocenters. The quantitative estimate of drug-likeness (QED) is 0.440. The molecular formula is C15H23NOS. The first-order valence-corrected chi connectivity index (χ1v) is 7.45. The molecule has 0 aliphatic carbocycles. The van der Waals surface area contributed by atoms with Gasteiger partial charge in [-0.25, -0.2) is 0 Å². The molecule has 100 valence electrons. The van der Waals surface area contributed by atoms with Crippen molar-refractivity contribution in [2.24, 2.45) is 0 Å². The van der Waals surface area contributed by atoms with Crippen molar-refractivity contribution in [1.29, 1.82) is 0 Å². The van der Waals surface area contributed by atoms with Crippen molar-refractivity contribution in [2.75, 3.05) is 26.0 Å². The van der Waals surface area contributed by atoms with Gasteiger partial charge in [-0.3, -0.25) is 0 Å². The third kappa shape index (κ3) is 5.71. The van der Waals surface area contributed by atoms with E-state index in [9.17, 15) is 0 Å². The normalized spacial score (nSPS) is 12.4. The van der Waals surface area contributed by atoms with Gasteiger partial charge >= 0.3 is 0 Å². The Labute approximate surface area is 115 Å². The first-order chi connectivity index (χ1) is 8.63. The molecule has 0 saturated heterocycles. The van der Waals surface area contributed by atoms with Gasteiger partial charge < -0.3 is 10.1 Å². The summed E-state index contributed by atoms with van der Waals surface area (Å²) in [7, 11) is 0. The van der Waals surface area contributed by atoms with Crippen molar-refractivity contribution in [1.82, 2.24) is 5.32 Å². The Bertz CT molecular complexity index is 361. The number of hydrogen-bond donors (Lipinski definition) is 1. The molecule has 2 nitrogen and oxygen atoms in total. The summed E-state index contributed by atoms with van der Waals surface area (Å²) in [5.74, 6) is 0. The van der Waals surface area contributed by atoms with Crippen LogP contribution in [0.3, 0.4) is 0 Å². The van der Waals surface area contributed by atoms with Gasteiger partial charge in [0.25, 0.3) is 0 Å². The lowest BCUT2D eigenvalue weighted by atomic mass is 10.1. The summed E-state index contributed by atoms with van der Waals surface area (Å²) >= 11 is 1.77. The van der Waals surface area contributed by atoms with E-state index in [1.165, 1.54) is 10.5 Å². The summed E-state index contributed by atoms with van der Waals surface area (Å²) in [6, 6.07) is 9.04. The van der Waals surface area contributed by atoms with E-state index in [0.29, 0.717) is 12.6 Å². The van der Waals surface area contributed by atoms with Crippen molar-refractivity contribution < 1.29 is 4.74 Å². The Morgan fingerprint density at radius 1 is 1.39 bits per heavy atom. The maximum atomic E-state index is 5.45. The number of rotatable bonds is 8. The lowest BCUT2D eigenvalue weighted by molar-refractivity contribution is 0.156. The molecule has 1 N–H and O–H groups in total. The fraction of sp³-hybridized carbons (Fsp3) is 0.467. The Hall–Kier alpha value is -0.770. The molecule has 0 fully saturated rings. The Balaban J connectivity index is 2.27. The highest BCUT2D eigenvalue weighted by molar-refractivity contribution is 7.98. The average Bonchev–Trinajstić information content (AvgIpc) is 2.38. The molecular weight excluding hydrogens is 242 g/mol. The van der Waals surface area contributed by atoms with E-state index >= 15 is 0 Å². The zero-order valence-corrected chi connectivity index (χ0v) is 12.3. The van der Waals surface area contributed by atoms with Gasteiger partial charge in [0, 0.05) is 17.5 Å². The number of ether oxygens (including phenoxy) is 1. The highest BCUT2D eigenvalue weighted by atomic mass is 32.2. The van der Waals surface area contributed by atoms with Crippen LogP contribution in [-0.2, 0) is 4.74 Å². The minimum absolute atomic E-state index is 0.356. The van der Waals surface area contributed by atoms with Gasteiger partial charge in [0.2, 0.25) is 0 Å². The maximum Gasteiger partial charge on any atom is 0.0672 e. The summed E-state index contributed by atoms with van der Waals surface area (Å²) in [5, 5.41) is 3.45. The SMILES string of the molecule is C=C(C)COCCNC(C)c1ccc(SC)cc1. The standard InChI is InChI=1S/C15H23NOS/c1-12(2)11-17-10-9-16-13(3)14-5-7-15(18-4)8-6-14/h5-8,13,16H,1,9-11H2,2-4H3. The molecule has 1 aromatic rings. The number of nitrogens with one attached hydrogen (secondary N) is 1. The molecule has 1 aromatic carbocycles. The largest absolute Gasteiger partial charge is 0.376 e. The van der Waals surface area contributed by atoms with Crippen LogP contribution in [0.1, 0.15) is 25.5 Å². The molecule has 18 heavy (non-hydrogen) atoms. The topological polar surface area (TPSA) is 21.3 Å². The molecule has 0 aliphatic heterocycles. The van der Waals surface area contributed by atoms with Gasteiger partial charge in [0.15, 0.2) is 0 Å². The minimum atomic E-state index is 0.356. The van der Waals surface area contributed by atoms with Gasteiger partial charge in [-0.2, -0.15) is 0 Å². The van der Waals surface area contributed by atoms with Crippen molar-refractivity contribution >= 4 is 11.8 Å². The van der Waals surface area contributed by atoms with Crippen LogP contribution in [0.15, 0.2) is 41.3 Å². The van der Waals surface area contributed by atoms with Gasteiger partial charge in [-0.1, -0.05) is 24.3 Å². The van der Waals surface area contributed by atoms with Crippen LogP contribution in [0.5, 0.6) is 0 Å². The zero-order chi connectivity index (χ0) is 13.4. The van der Waals surface area contributed by atoms with E-state index in [1.54, 1.807) is 11.8 Å². The van der Waals surface area contributed by atoms with Gasteiger partial charge in [-0.15, -0.1) is 11.8 Å². The van der Waals surface area contributed by atoms with Gasteiger partial charge in [-0.05, 0) is 37.8 Å². The second kappa shape index (κ2) is 8.35. The van der Waals surface area contributed by atoms with Crippen LogP contribution in [-0.4, -0.2) is 26.0 Å². The Morgan fingerprint density at radius 2 is 2.06 bits per heavy atom. The second-order valence-corrected chi connectivity index (χ2v) is 5.34. The van der Waals surface area contributed by atoms with Crippen molar-refractivity contribution in [3.63, 3.8) is 0 Å².